The maximum Gasteiger partial charge on any atom is 0.249 e. The Hall–Kier alpha value is -3.00. The van der Waals surface area contributed by atoms with E-state index in [9.17, 15) is 13.6 Å². The molecule has 8 heteroatoms. The van der Waals surface area contributed by atoms with E-state index in [4.69, 9.17) is 4.98 Å². The molecule has 35 heavy (non-hydrogen) atoms. The van der Waals surface area contributed by atoms with Gasteiger partial charge in [0.05, 0.1) is 18.1 Å². The minimum absolute atomic E-state index is 0.0791. The van der Waals surface area contributed by atoms with Gasteiger partial charge < -0.3 is 10.2 Å². The Balaban J connectivity index is 1.28. The number of hydrogen-bond donors (Lipinski definition) is 1. The van der Waals surface area contributed by atoms with Crippen LogP contribution in [0.5, 0.6) is 0 Å². The maximum absolute atomic E-state index is 13.1. The normalized spacial score (nSPS) is 19.1. The van der Waals surface area contributed by atoms with Crippen LogP contribution in [0.1, 0.15) is 45.2 Å². The Labute approximate surface area is 204 Å². The zero-order chi connectivity index (χ0) is 24.6. The Bertz CT molecular complexity index is 1220. The third-order valence-electron chi connectivity index (χ3n) is 7.22. The molecule has 0 radical (unpaired) electrons. The van der Waals surface area contributed by atoms with Gasteiger partial charge >= 0.3 is 0 Å². The van der Waals surface area contributed by atoms with E-state index in [2.05, 4.69) is 34.0 Å². The number of carbonyl (C=O) groups is 1. The van der Waals surface area contributed by atoms with E-state index in [1.165, 1.54) is 0 Å². The number of hydrogen-bond acceptors (Lipinski definition) is 6. The number of nitrogens with zero attached hydrogens (tertiary/aromatic N) is 4. The van der Waals surface area contributed by atoms with Gasteiger partial charge in [0.15, 0.2) is 0 Å². The molecule has 0 unspecified atom stereocenters. The Morgan fingerprint density at radius 2 is 1.89 bits per heavy atom. The third kappa shape index (κ3) is 5.48. The van der Waals surface area contributed by atoms with Gasteiger partial charge in [-0.2, -0.15) is 0 Å². The monoisotopic (exact) mass is 479 g/mol. The summed E-state index contributed by atoms with van der Waals surface area (Å²) in [6.07, 6.45) is 6.78. The van der Waals surface area contributed by atoms with Gasteiger partial charge in [-0.1, -0.05) is 12.1 Å². The second-order valence-corrected chi connectivity index (χ2v) is 10.2. The molecule has 0 atom stereocenters. The molecule has 0 amide bonds. The second-order valence-electron chi connectivity index (χ2n) is 10.2. The lowest BCUT2D eigenvalue weighted by atomic mass is 9.77. The van der Waals surface area contributed by atoms with Gasteiger partial charge in [0.25, 0.3) is 0 Å². The smallest absolute Gasteiger partial charge is 0.249 e. The van der Waals surface area contributed by atoms with Crippen LogP contribution in [0.2, 0.25) is 0 Å². The summed E-state index contributed by atoms with van der Waals surface area (Å²) in [5, 5.41) is 5.42. The standard InChI is InChI=1S/C27H31F2N5O/c1-17(2)34-7-5-22(6-8-34)32-26-16-30-15-24(33-26)18-3-4-19-14-31-23(10-20(19)9-18)11-25(35)21-12-27(28,29)13-21/h3-4,9-10,14-17,21-22H,5-8,11-13H2,1-2H3,(H,32,33). The van der Waals surface area contributed by atoms with Gasteiger partial charge in [-0.3, -0.25) is 14.8 Å². The number of alkyl halides is 2. The zero-order valence-corrected chi connectivity index (χ0v) is 20.2. The van der Waals surface area contributed by atoms with Crippen LogP contribution in [0, 0.1) is 5.92 Å². The Kier molecular flexibility index (Phi) is 6.49. The van der Waals surface area contributed by atoms with Crippen molar-refractivity contribution in [1.82, 2.24) is 19.9 Å². The molecule has 1 aliphatic carbocycles. The number of nitrogens with one attached hydrogen (secondary N) is 1. The molecular weight excluding hydrogens is 448 g/mol. The van der Waals surface area contributed by atoms with Gasteiger partial charge in [0.2, 0.25) is 5.92 Å². The van der Waals surface area contributed by atoms with Gasteiger partial charge in [-0.15, -0.1) is 0 Å². The highest BCUT2D eigenvalue weighted by Crippen LogP contribution is 2.43. The number of carbonyl (C=O) groups excluding carboxylic acids is 1. The van der Waals surface area contributed by atoms with Gasteiger partial charge in [0.1, 0.15) is 11.6 Å². The highest BCUT2D eigenvalue weighted by molar-refractivity contribution is 5.88. The molecule has 3 heterocycles. The lowest BCUT2D eigenvalue weighted by Crippen LogP contribution is -2.42. The van der Waals surface area contributed by atoms with Crippen molar-refractivity contribution in [1.29, 1.82) is 0 Å². The van der Waals surface area contributed by atoms with Crippen LogP contribution in [0.4, 0.5) is 14.6 Å². The van der Waals surface area contributed by atoms with E-state index in [0.29, 0.717) is 17.8 Å². The Morgan fingerprint density at radius 3 is 2.60 bits per heavy atom. The van der Waals surface area contributed by atoms with Gasteiger partial charge in [-0.05, 0) is 44.2 Å². The predicted octanol–water partition coefficient (Wildman–Crippen LogP) is 5.13. The number of fused-ring (bicyclic) bond motifs is 1. The van der Waals surface area contributed by atoms with Crippen molar-refractivity contribution in [3.05, 3.63) is 48.5 Å². The molecule has 3 aromatic rings. The van der Waals surface area contributed by atoms with Crippen molar-refractivity contribution in [3.63, 3.8) is 0 Å². The molecule has 5 rings (SSSR count). The molecule has 1 saturated heterocycles. The van der Waals surface area contributed by atoms with Crippen molar-refractivity contribution in [3.8, 4) is 11.3 Å². The van der Waals surface area contributed by atoms with Crippen LogP contribution >= 0.6 is 0 Å². The van der Waals surface area contributed by atoms with E-state index in [1.807, 2.05) is 24.3 Å². The van der Waals surface area contributed by atoms with Crippen molar-refractivity contribution in [2.45, 2.75) is 64.0 Å². The molecule has 184 valence electrons. The average molecular weight is 480 g/mol. The van der Waals surface area contributed by atoms with Crippen LogP contribution in [0.25, 0.3) is 22.0 Å². The van der Waals surface area contributed by atoms with Crippen LogP contribution in [-0.4, -0.2) is 56.7 Å². The summed E-state index contributed by atoms with van der Waals surface area (Å²) >= 11 is 0. The summed E-state index contributed by atoms with van der Waals surface area (Å²) in [6.45, 7) is 6.63. The number of ketones is 1. The molecule has 2 aromatic heterocycles. The average Bonchev–Trinajstić information content (AvgIpc) is 2.82. The number of likely N-dealkylation sites (tertiary alicyclic amines) is 1. The minimum Gasteiger partial charge on any atom is -0.366 e. The van der Waals surface area contributed by atoms with Gasteiger partial charge in [-0.25, -0.2) is 13.8 Å². The zero-order valence-electron chi connectivity index (χ0n) is 20.2. The van der Waals surface area contributed by atoms with E-state index >= 15 is 0 Å². The molecule has 0 spiro atoms. The van der Waals surface area contributed by atoms with E-state index in [0.717, 1.165) is 53.8 Å². The summed E-state index contributed by atoms with van der Waals surface area (Å²) in [7, 11) is 0. The van der Waals surface area contributed by atoms with E-state index in [-0.39, 0.29) is 25.0 Å². The topological polar surface area (TPSA) is 71.0 Å². The van der Waals surface area contributed by atoms with Crippen molar-refractivity contribution in [2.24, 2.45) is 5.92 Å². The SMILES string of the molecule is CC(C)N1CCC(Nc2cncc(-c3ccc4cnc(CC(=O)C5CC(F)(F)C5)cc4c3)n2)CC1. The summed E-state index contributed by atoms with van der Waals surface area (Å²) in [6, 6.07) is 8.79. The molecule has 2 aliphatic rings. The molecule has 2 fully saturated rings. The number of halogens is 2. The Morgan fingerprint density at radius 1 is 1.11 bits per heavy atom. The highest BCUT2D eigenvalue weighted by atomic mass is 19.3. The summed E-state index contributed by atoms with van der Waals surface area (Å²) < 4.78 is 26.2. The first kappa shape index (κ1) is 23.7. The number of benzene rings is 1. The number of rotatable bonds is 7. The molecule has 0 bridgehead atoms. The quantitative estimate of drug-likeness (QED) is 0.506. The number of aromatic nitrogens is 3. The van der Waals surface area contributed by atoms with Crippen molar-refractivity contribution < 1.29 is 13.6 Å². The molecule has 1 saturated carbocycles. The third-order valence-corrected chi connectivity index (χ3v) is 7.22. The first-order valence-corrected chi connectivity index (χ1v) is 12.4. The fourth-order valence-corrected chi connectivity index (χ4v) is 5.00. The largest absolute Gasteiger partial charge is 0.366 e. The van der Waals surface area contributed by atoms with Crippen molar-refractivity contribution >= 4 is 22.4 Å². The predicted molar refractivity (Wildman–Crippen MR) is 133 cm³/mol. The summed E-state index contributed by atoms with van der Waals surface area (Å²) in [4.78, 5) is 28.4. The summed E-state index contributed by atoms with van der Waals surface area (Å²) in [5.41, 5.74) is 2.29. The van der Waals surface area contributed by atoms with Gasteiger partial charge in [0, 0.05) is 73.2 Å². The molecule has 1 aliphatic heterocycles. The van der Waals surface area contributed by atoms with Crippen LogP contribution in [-0.2, 0) is 11.2 Å². The molecule has 1 N–H and O–H groups in total. The van der Waals surface area contributed by atoms with E-state index < -0.39 is 11.8 Å². The second kappa shape index (κ2) is 9.57. The van der Waals surface area contributed by atoms with Crippen LogP contribution < -0.4 is 5.32 Å². The maximum atomic E-state index is 13.1. The molecular formula is C27H31F2N5O. The number of anilines is 1. The fraction of sp³-hybridized carbons (Fsp3) is 0.481. The van der Waals surface area contributed by atoms with Crippen molar-refractivity contribution in [2.75, 3.05) is 18.4 Å². The summed E-state index contributed by atoms with van der Waals surface area (Å²) in [5.74, 6) is -2.65. The first-order valence-electron chi connectivity index (χ1n) is 12.4. The lowest BCUT2D eigenvalue weighted by molar-refractivity contribution is -0.147. The van der Waals surface area contributed by atoms with Crippen LogP contribution in [0.15, 0.2) is 42.9 Å². The minimum atomic E-state index is -2.69. The van der Waals surface area contributed by atoms with E-state index in [1.54, 1.807) is 18.6 Å². The fourth-order valence-electron chi connectivity index (χ4n) is 5.00. The lowest BCUT2D eigenvalue weighted by Gasteiger charge is -2.35. The molecule has 6 nitrogen and oxygen atoms in total. The highest BCUT2D eigenvalue weighted by Gasteiger charge is 2.48. The first-order chi connectivity index (χ1) is 16.8. The number of piperidine rings is 1. The molecule has 1 aromatic carbocycles. The van der Waals surface area contributed by atoms with Crippen LogP contribution in [0.3, 0.4) is 0 Å². The number of pyridine rings is 1. The number of Topliss-reactive ketones (excluding diaryl/α,β-unsaturated/α-hetero) is 1.